The molecule has 2 atom stereocenters. The molecule has 12 heteroatoms. The predicted octanol–water partition coefficient (Wildman–Crippen LogP) is -0.168. The number of unbranched alkanes of at least 4 members (excludes halogenated alkanes) is 1. The second-order valence-electron chi connectivity index (χ2n) is 6.59. The summed E-state index contributed by atoms with van der Waals surface area (Å²) in [5.41, 5.74) is 0.526. The third-order valence-corrected chi connectivity index (χ3v) is 5.14. The fraction of sp³-hybridized carbons (Fsp3) is 0.421. The van der Waals surface area contributed by atoms with Crippen LogP contribution < -0.4 is 19.2 Å². The zero-order valence-electron chi connectivity index (χ0n) is 16.5. The SMILES string of the molecule is O=C(O)CC[C@H](NC(=O)NC(CCCCNC(=O)c1ccc([211At])cc1)C(=O)O)C(=O)O. The molecule has 0 fully saturated rings. The van der Waals surface area contributed by atoms with Crippen LogP contribution in [0, 0.1) is 24.7 Å². The van der Waals surface area contributed by atoms with Crippen LogP contribution in [0.2, 0.25) is 0 Å². The predicted molar refractivity (Wildman–Crippen MR) is 104 cm³/mol. The van der Waals surface area contributed by atoms with Gasteiger partial charge in [-0.2, -0.15) is 0 Å². The Labute approximate surface area is 193 Å². The number of carbonyl (C=O) groups is 5. The van der Waals surface area contributed by atoms with Crippen LogP contribution in [0.25, 0.3) is 0 Å². The summed E-state index contributed by atoms with van der Waals surface area (Å²) in [7, 11) is 0. The molecule has 0 saturated heterocycles. The third kappa shape index (κ3) is 10.7. The Morgan fingerprint density at radius 2 is 1.39 bits per heavy atom. The van der Waals surface area contributed by atoms with Crippen molar-refractivity contribution in [1.82, 2.24) is 16.0 Å². The molecule has 31 heavy (non-hydrogen) atoms. The minimum Gasteiger partial charge on any atom is -0.480 e. The van der Waals surface area contributed by atoms with E-state index in [1.54, 1.807) is 12.1 Å². The summed E-state index contributed by atoms with van der Waals surface area (Å²) in [6.45, 7) is 0.324. The van der Waals surface area contributed by atoms with Crippen molar-refractivity contribution in [3.63, 3.8) is 0 Å². The van der Waals surface area contributed by atoms with Crippen LogP contribution in [0.3, 0.4) is 0 Å². The summed E-state index contributed by atoms with van der Waals surface area (Å²) in [6, 6.07) is 3.39. The van der Waals surface area contributed by atoms with Gasteiger partial charge in [-0.3, -0.25) is 4.79 Å². The van der Waals surface area contributed by atoms with Crippen molar-refractivity contribution in [2.75, 3.05) is 6.54 Å². The molecular formula is C19H24AtN3O8. The first-order valence-corrected chi connectivity index (χ1v) is 10.8. The van der Waals surface area contributed by atoms with E-state index in [0.29, 0.717) is 24.9 Å². The van der Waals surface area contributed by atoms with Gasteiger partial charge >= 0.3 is 135 Å². The first-order chi connectivity index (χ1) is 14.6. The molecule has 0 spiro atoms. The molecule has 1 aromatic carbocycles. The van der Waals surface area contributed by atoms with Crippen molar-refractivity contribution in [3.8, 4) is 0 Å². The van der Waals surface area contributed by atoms with Gasteiger partial charge in [-0.05, 0) is 6.42 Å². The molecule has 0 aromatic heterocycles. The molecule has 170 valence electrons. The van der Waals surface area contributed by atoms with Crippen LogP contribution >= 0.6 is 0 Å². The minimum absolute atomic E-state index is 0.0673. The summed E-state index contributed by atoms with van der Waals surface area (Å²) < 4.78 is 1.09. The van der Waals surface area contributed by atoms with E-state index in [9.17, 15) is 29.1 Å². The maximum atomic E-state index is 12.0. The van der Waals surface area contributed by atoms with Crippen molar-refractivity contribution in [2.24, 2.45) is 0 Å². The molecule has 3 amide bonds. The number of benzene rings is 1. The van der Waals surface area contributed by atoms with E-state index in [4.69, 9.17) is 10.2 Å². The number of urea groups is 1. The van der Waals surface area contributed by atoms with Crippen LogP contribution in [0.15, 0.2) is 24.3 Å². The second-order valence-corrected chi connectivity index (χ2v) is 8.29. The molecule has 0 heterocycles. The fourth-order valence-corrected chi connectivity index (χ4v) is 3.01. The summed E-state index contributed by atoms with van der Waals surface area (Å²) in [5.74, 6) is -4.17. The molecule has 1 rings (SSSR count). The van der Waals surface area contributed by atoms with E-state index in [0.717, 1.165) is 3.27 Å². The van der Waals surface area contributed by atoms with Crippen molar-refractivity contribution < 1.29 is 64.0 Å². The van der Waals surface area contributed by atoms with Gasteiger partial charge in [-0.1, -0.05) is 0 Å². The molecule has 1 unspecified atom stereocenters. The van der Waals surface area contributed by atoms with Gasteiger partial charge in [0.15, 0.2) is 0 Å². The smallest absolute Gasteiger partial charge is 0.480 e. The molecule has 0 saturated carbocycles. The molecule has 0 aliphatic carbocycles. The van der Waals surface area contributed by atoms with Gasteiger partial charge < -0.3 is 20.6 Å². The number of carboxylic acid groups (broad SMARTS) is 3. The Kier molecular flexibility index (Phi) is 11.5. The topological polar surface area (TPSA) is 182 Å². The van der Waals surface area contributed by atoms with Gasteiger partial charge in [-0.25, -0.2) is 14.4 Å². The summed E-state index contributed by atoms with van der Waals surface area (Å²) >= 11 is 1.50. The number of carboxylic acids is 3. The third-order valence-electron chi connectivity index (χ3n) is 4.17. The first-order valence-electron chi connectivity index (χ1n) is 9.38. The van der Waals surface area contributed by atoms with Gasteiger partial charge in [-0.15, -0.1) is 0 Å². The van der Waals surface area contributed by atoms with Gasteiger partial charge in [0.05, 0.1) is 0 Å². The Balaban J connectivity index is 2.41. The number of nitrogens with one attached hydrogen (secondary N) is 3. The number of amides is 3. The maximum absolute atomic E-state index is 12.0. The second kappa shape index (κ2) is 13.5. The molecule has 0 bridgehead atoms. The van der Waals surface area contributed by atoms with E-state index in [2.05, 4.69) is 16.0 Å². The standard InChI is InChI=1S/C19H24AtN3O8/c20-12-6-4-11(5-7-12)16(26)21-10-2-1-3-13(17(27)28)22-19(31)23-14(18(29)30)8-9-15(24)25/h4-7,13-14H,1-3,8-10H2,(H,21,26)(H,24,25)(H,27,28)(H,29,30)(H2,22,23,31)/t13?,14-/m0/s1/i20+1. The monoisotopic (exact) mass is 633 g/mol. The molecule has 11 nitrogen and oxygen atoms in total. The average molecular weight is 633 g/mol. The number of carbonyl (C=O) groups excluding carboxylic acids is 2. The number of aliphatic carboxylic acids is 3. The van der Waals surface area contributed by atoms with Gasteiger partial charge in [0.2, 0.25) is 0 Å². The normalized spacial score (nSPS) is 12.3. The van der Waals surface area contributed by atoms with Crippen LogP contribution in [0.5, 0.6) is 0 Å². The summed E-state index contributed by atoms with van der Waals surface area (Å²) in [6.07, 6.45) is 0.128. The molecular weight excluding hydrogens is 609 g/mol. The quantitative estimate of drug-likeness (QED) is 0.162. The van der Waals surface area contributed by atoms with Gasteiger partial charge in [0.1, 0.15) is 6.04 Å². The number of hydrogen-bond acceptors (Lipinski definition) is 5. The van der Waals surface area contributed by atoms with Crippen molar-refractivity contribution in [3.05, 3.63) is 29.8 Å². The van der Waals surface area contributed by atoms with Crippen molar-refractivity contribution in [2.45, 2.75) is 44.2 Å². The van der Waals surface area contributed by atoms with E-state index in [1.165, 1.54) is 24.7 Å². The number of rotatable bonds is 13. The molecule has 0 radical (unpaired) electrons. The van der Waals surface area contributed by atoms with Crippen LogP contribution in [0.1, 0.15) is 42.5 Å². The Morgan fingerprint density at radius 3 is 1.90 bits per heavy atom. The average Bonchev–Trinajstić information content (AvgIpc) is 2.69. The Morgan fingerprint density at radius 1 is 0.839 bits per heavy atom. The Bertz CT molecular complexity index is 800. The minimum atomic E-state index is -1.46. The Hall–Kier alpha value is -2.75. The van der Waals surface area contributed by atoms with E-state index >= 15 is 0 Å². The molecule has 6 N–H and O–H groups in total. The fourth-order valence-electron chi connectivity index (χ4n) is 2.52. The van der Waals surface area contributed by atoms with E-state index in [-0.39, 0.29) is 18.7 Å². The van der Waals surface area contributed by atoms with E-state index < -0.39 is 42.4 Å². The van der Waals surface area contributed by atoms with Crippen LogP contribution in [0.4, 0.5) is 4.79 Å². The molecule has 1 aromatic rings. The first kappa shape index (κ1) is 26.3. The molecule has 0 aliphatic rings. The summed E-state index contributed by atoms with van der Waals surface area (Å²) in [4.78, 5) is 56.9. The number of hydrogen-bond donors (Lipinski definition) is 6. The van der Waals surface area contributed by atoms with Crippen molar-refractivity contribution >= 4 is 33.1 Å². The van der Waals surface area contributed by atoms with E-state index in [1.807, 2.05) is 12.1 Å². The van der Waals surface area contributed by atoms with Gasteiger partial charge in [0.25, 0.3) is 0 Å². The zero-order valence-corrected chi connectivity index (χ0v) is 19.4. The van der Waals surface area contributed by atoms with Crippen molar-refractivity contribution in [1.29, 1.82) is 0 Å². The molecule has 0 aliphatic heterocycles. The summed E-state index contributed by atoms with van der Waals surface area (Å²) in [5, 5.41) is 33.9. The van der Waals surface area contributed by atoms with Crippen LogP contribution in [-0.4, -0.2) is 63.8 Å². The zero-order chi connectivity index (χ0) is 23.4. The van der Waals surface area contributed by atoms with Crippen LogP contribution in [-0.2, 0) is 14.4 Å². The van der Waals surface area contributed by atoms with Gasteiger partial charge in [0, 0.05) is 6.42 Å².